The molecule has 0 radical (unpaired) electrons. The van der Waals surface area contributed by atoms with Crippen LogP contribution in [0.15, 0.2) is 11.0 Å². The summed E-state index contributed by atoms with van der Waals surface area (Å²) in [7, 11) is -3.49. The Kier molecular flexibility index (Phi) is 4.71. The average Bonchev–Trinajstić information content (AvgIpc) is 2.54. The first-order chi connectivity index (χ1) is 7.80. The maximum absolute atomic E-state index is 12.4. The fourth-order valence-corrected chi connectivity index (χ4v) is 4.90. The van der Waals surface area contributed by atoms with Gasteiger partial charge in [0.25, 0.3) is 0 Å². The molecule has 1 heterocycles. The standard InChI is InChI=1S/C11H19NO3S2/c1-8(2)12(5-6-13)17(14,15)11-7-9(3)16-10(11)4/h7-8,13H,5-6H2,1-4H3. The predicted octanol–water partition coefficient (Wildman–Crippen LogP) is 1.76. The number of aliphatic hydroxyl groups is 1. The highest BCUT2D eigenvalue weighted by Crippen LogP contribution is 2.28. The summed E-state index contributed by atoms with van der Waals surface area (Å²) in [6.45, 7) is 7.28. The molecule has 0 aliphatic heterocycles. The van der Waals surface area contributed by atoms with Gasteiger partial charge in [-0.25, -0.2) is 8.42 Å². The Morgan fingerprint density at radius 2 is 2.00 bits per heavy atom. The zero-order valence-electron chi connectivity index (χ0n) is 10.6. The molecule has 0 amide bonds. The SMILES string of the molecule is Cc1cc(S(=O)(=O)N(CCO)C(C)C)c(C)s1. The van der Waals surface area contributed by atoms with Crippen molar-refractivity contribution < 1.29 is 13.5 Å². The second kappa shape index (κ2) is 5.48. The van der Waals surface area contributed by atoms with Gasteiger partial charge in [-0.3, -0.25) is 0 Å². The van der Waals surface area contributed by atoms with E-state index in [2.05, 4.69) is 0 Å². The number of hydrogen-bond donors (Lipinski definition) is 1. The van der Waals surface area contributed by atoms with Crippen molar-refractivity contribution in [1.29, 1.82) is 0 Å². The maximum Gasteiger partial charge on any atom is 0.244 e. The third kappa shape index (κ3) is 3.07. The van der Waals surface area contributed by atoms with Gasteiger partial charge in [-0.15, -0.1) is 11.3 Å². The molecule has 6 heteroatoms. The monoisotopic (exact) mass is 277 g/mol. The zero-order chi connectivity index (χ0) is 13.2. The van der Waals surface area contributed by atoms with E-state index in [1.165, 1.54) is 15.6 Å². The summed E-state index contributed by atoms with van der Waals surface area (Å²) in [6, 6.07) is 1.54. The minimum atomic E-state index is -3.49. The molecule has 1 aromatic heterocycles. The molecule has 98 valence electrons. The summed E-state index contributed by atoms with van der Waals surface area (Å²) in [6.07, 6.45) is 0. The smallest absolute Gasteiger partial charge is 0.244 e. The van der Waals surface area contributed by atoms with E-state index >= 15 is 0 Å². The van der Waals surface area contributed by atoms with Gasteiger partial charge in [0, 0.05) is 22.3 Å². The number of sulfonamides is 1. The van der Waals surface area contributed by atoms with E-state index in [9.17, 15) is 8.42 Å². The first kappa shape index (κ1) is 14.6. The third-order valence-corrected chi connectivity index (χ3v) is 5.78. The van der Waals surface area contributed by atoms with Gasteiger partial charge in [-0.2, -0.15) is 4.31 Å². The van der Waals surface area contributed by atoms with Crippen LogP contribution in [0.1, 0.15) is 23.6 Å². The minimum absolute atomic E-state index is 0.133. The first-order valence-corrected chi connectivity index (χ1v) is 7.76. The van der Waals surface area contributed by atoms with Gasteiger partial charge in [0.1, 0.15) is 0 Å². The van der Waals surface area contributed by atoms with Gasteiger partial charge in [0.05, 0.1) is 11.5 Å². The summed E-state index contributed by atoms with van der Waals surface area (Å²) in [5.74, 6) is 0. The van der Waals surface area contributed by atoms with Gasteiger partial charge >= 0.3 is 0 Å². The van der Waals surface area contributed by atoms with E-state index in [0.717, 1.165) is 9.75 Å². The molecule has 0 spiro atoms. The number of aryl methyl sites for hydroxylation is 2. The van der Waals surface area contributed by atoms with Crippen LogP contribution in [0.2, 0.25) is 0 Å². The van der Waals surface area contributed by atoms with E-state index < -0.39 is 10.0 Å². The zero-order valence-corrected chi connectivity index (χ0v) is 12.2. The molecule has 0 unspecified atom stereocenters. The van der Waals surface area contributed by atoms with Crippen LogP contribution in [0.4, 0.5) is 0 Å². The van der Waals surface area contributed by atoms with Crippen LogP contribution < -0.4 is 0 Å². The Labute approximate surface area is 107 Å². The maximum atomic E-state index is 12.4. The van der Waals surface area contributed by atoms with E-state index in [0.29, 0.717) is 4.90 Å². The van der Waals surface area contributed by atoms with Crippen molar-refractivity contribution in [2.45, 2.75) is 38.6 Å². The van der Waals surface area contributed by atoms with Crippen LogP contribution in [0, 0.1) is 13.8 Å². The molecule has 0 saturated heterocycles. The summed E-state index contributed by atoms with van der Waals surface area (Å²) in [5, 5.41) is 8.97. The van der Waals surface area contributed by atoms with Crippen molar-refractivity contribution in [3.8, 4) is 0 Å². The third-order valence-electron chi connectivity index (χ3n) is 2.48. The van der Waals surface area contributed by atoms with E-state index in [1.54, 1.807) is 6.07 Å². The lowest BCUT2D eigenvalue weighted by molar-refractivity contribution is 0.236. The lowest BCUT2D eigenvalue weighted by Crippen LogP contribution is -2.39. The Morgan fingerprint density at radius 1 is 1.41 bits per heavy atom. The van der Waals surface area contributed by atoms with Crippen LogP contribution in [0.3, 0.4) is 0 Å². The lowest BCUT2D eigenvalue weighted by Gasteiger charge is -2.24. The summed E-state index contributed by atoms with van der Waals surface area (Å²) in [5.41, 5.74) is 0. The van der Waals surface area contributed by atoms with Crippen molar-refractivity contribution in [1.82, 2.24) is 4.31 Å². The van der Waals surface area contributed by atoms with Gasteiger partial charge in [0.2, 0.25) is 10.0 Å². The van der Waals surface area contributed by atoms with Crippen LogP contribution >= 0.6 is 11.3 Å². The molecule has 0 fully saturated rings. The van der Waals surface area contributed by atoms with E-state index in [1.807, 2.05) is 27.7 Å². The van der Waals surface area contributed by atoms with Crippen molar-refractivity contribution >= 4 is 21.4 Å². The minimum Gasteiger partial charge on any atom is -0.395 e. The van der Waals surface area contributed by atoms with Gasteiger partial charge in [-0.1, -0.05) is 0 Å². The van der Waals surface area contributed by atoms with E-state index in [-0.39, 0.29) is 19.2 Å². The normalized spacial score (nSPS) is 12.6. The molecule has 1 N–H and O–H groups in total. The van der Waals surface area contributed by atoms with Gasteiger partial charge in [0.15, 0.2) is 0 Å². The molecule has 17 heavy (non-hydrogen) atoms. The summed E-state index contributed by atoms with van der Waals surface area (Å²) < 4.78 is 26.2. The number of thiophene rings is 1. The number of rotatable bonds is 5. The second-order valence-corrected chi connectivity index (χ2v) is 7.53. The van der Waals surface area contributed by atoms with Crippen LogP contribution in [-0.2, 0) is 10.0 Å². The quantitative estimate of drug-likeness (QED) is 0.892. The molecular formula is C11H19NO3S2. The fourth-order valence-electron chi connectivity index (χ4n) is 1.74. The first-order valence-electron chi connectivity index (χ1n) is 5.50. The predicted molar refractivity (Wildman–Crippen MR) is 69.9 cm³/mol. The average molecular weight is 277 g/mol. The van der Waals surface area contributed by atoms with Gasteiger partial charge < -0.3 is 5.11 Å². The fraction of sp³-hybridized carbons (Fsp3) is 0.636. The molecule has 1 aromatic rings. The van der Waals surface area contributed by atoms with Crippen LogP contribution in [0.25, 0.3) is 0 Å². The molecule has 0 saturated carbocycles. The summed E-state index contributed by atoms with van der Waals surface area (Å²) >= 11 is 1.47. The Balaban J connectivity index is 3.21. The molecule has 0 atom stereocenters. The van der Waals surface area contributed by atoms with E-state index in [4.69, 9.17) is 5.11 Å². The topological polar surface area (TPSA) is 57.6 Å². The van der Waals surface area contributed by atoms with Crippen molar-refractivity contribution in [3.05, 3.63) is 15.8 Å². The Bertz CT molecular complexity index is 477. The molecule has 0 bridgehead atoms. The highest BCUT2D eigenvalue weighted by Gasteiger charge is 2.28. The molecule has 1 rings (SSSR count). The largest absolute Gasteiger partial charge is 0.395 e. The number of nitrogens with zero attached hydrogens (tertiary/aromatic N) is 1. The van der Waals surface area contributed by atoms with Gasteiger partial charge in [-0.05, 0) is 33.8 Å². The lowest BCUT2D eigenvalue weighted by atomic mass is 10.4. The van der Waals surface area contributed by atoms with Crippen molar-refractivity contribution in [3.63, 3.8) is 0 Å². The second-order valence-electron chi connectivity index (χ2n) is 4.21. The van der Waals surface area contributed by atoms with Crippen LogP contribution in [-0.4, -0.2) is 37.0 Å². The molecule has 0 aliphatic carbocycles. The number of aliphatic hydroxyl groups excluding tert-OH is 1. The van der Waals surface area contributed by atoms with Crippen LogP contribution in [0.5, 0.6) is 0 Å². The highest BCUT2D eigenvalue weighted by molar-refractivity contribution is 7.89. The molecule has 4 nitrogen and oxygen atoms in total. The van der Waals surface area contributed by atoms with Crippen molar-refractivity contribution in [2.24, 2.45) is 0 Å². The Hall–Kier alpha value is -0.430. The Morgan fingerprint density at radius 3 is 2.35 bits per heavy atom. The van der Waals surface area contributed by atoms with Crippen molar-refractivity contribution in [2.75, 3.05) is 13.2 Å². The molecule has 0 aromatic carbocycles. The number of hydrogen-bond acceptors (Lipinski definition) is 4. The molecular weight excluding hydrogens is 258 g/mol. The highest BCUT2D eigenvalue weighted by atomic mass is 32.2. The summed E-state index contributed by atoms with van der Waals surface area (Å²) in [4.78, 5) is 2.14. The molecule has 0 aliphatic rings.